The monoisotopic (exact) mass is 265 g/mol. The Labute approximate surface area is 107 Å². The van der Waals surface area contributed by atoms with Crippen molar-refractivity contribution in [2.45, 2.75) is 0 Å². The number of hydrogen-bond donors (Lipinski definition) is 0. The summed E-state index contributed by atoms with van der Waals surface area (Å²) in [6.07, 6.45) is 3.74. The van der Waals surface area contributed by atoms with Gasteiger partial charge in [-0.25, -0.2) is 18.6 Å². The number of halogens is 2. The lowest BCUT2D eigenvalue weighted by atomic mass is 10.2. The van der Waals surface area contributed by atoms with Gasteiger partial charge in [0.25, 0.3) is 0 Å². The van der Waals surface area contributed by atoms with Gasteiger partial charge < -0.3 is 9.40 Å². The summed E-state index contributed by atoms with van der Waals surface area (Å²) in [6, 6.07) is 2.98. The number of rotatable bonds is 3. The molecule has 0 saturated carbocycles. The molecule has 0 N–H and O–H groups in total. The molecule has 98 valence electrons. The van der Waals surface area contributed by atoms with E-state index in [0.717, 1.165) is 12.3 Å². The highest BCUT2D eigenvalue weighted by Gasteiger charge is 2.11. The van der Waals surface area contributed by atoms with E-state index < -0.39 is 17.6 Å². The van der Waals surface area contributed by atoms with E-state index in [1.165, 1.54) is 23.2 Å². The minimum absolute atomic E-state index is 0.0132. The van der Waals surface area contributed by atoms with Crippen LogP contribution in [0.15, 0.2) is 35.9 Å². The zero-order chi connectivity index (χ0) is 13.8. The maximum Gasteiger partial charge on any atom is 0.383 e. The highest BCUT2D eigenvalue weighted by molar-refractivity contribution is 5.88. The normalized spacial score (nSPS) is 10.9. The van der Waals surface area contributed by atoms with Gasteiger partial charge >= 0.3 is 5.97 Å². The SMILES string of the molecule is Cn1cncc1C(=O)ON=Cc1ccc(F)cc1F. The van der Waals surface area contributed by atoms with Gasteiger partial charge in [-0.3, -0.25) is 0 Å². The lowest BCUT2D eigenvalue weighted by Crippen LogP contribution is -2.06. The molecule has 0 unspecified atom stereocenters. The molecular weight excluding hydrogens is 256 g/mol. The van der Waals surface area contributed by atoms with Crippen LogP contribution in [0.25, 0.3) is 0 Å². The molecule has 1 aromatic heterocycles. The maximum atomic E-state index is 13.2. The number of carbonyl (C=O) groups excluding carboxylic acids is 1. The highest BCUT2D eigenvalue weighted by Crippen LogP contribution is 2.07. The number of hydrogen-bond acceptors (Lipinski definition) is 4. The van der Waals surface area contributed by atoms with Gasteiger partial charge in [0.15, 0.2) is 0 Å². The number of oxime groups is 1. The summed E-state index contributed by atoms with van der Waals surface area (Å²) in [7, 11) is 1.62. The number of benzene rings is 1. The van der Waals surface area contributed by atoms with Gasteiger partial charge in [0.05, 0.1) is 18.7 Å². The molecular formula is C12H9F2N3O2. The molecule has 5 nitrogen and oxygen atoms in total. The molecule has 7 heteroatoms. The topological polar surface area (TPSA) is 56.5 Å². The Bertz CT molecular complexity index is 638. The molecule has 0 saturated heterocycles. The molecule has 0 aliphatic carbocycles. The van der Waals surface area contributed by atoms with Crippen LogP contribution < -0.4 is 0 Å². The molecule has 2 rings (SSSR count). The van der Waals surface area contributed by atoms with Gasteiger partial charge in [0.2, 0.25) is 0 Å². The van der Waals surface area contributed by atoms with E-state index in [1.54, 1.807) is 7.05 Å². The van der Waals surface area contributed by atoms with Gasteiger partial charge in [-0.05, 0) is 12.1 Å². The number of aryl methyl sites for hydroxylation is 1. The summed E-state index contributed by atoms with van der Waals surface area (Å²) in [5, 5.41) is 3.35. The first-order valence-electron chi connectivity index (χ1n) is 5.24. The van der Waals surface area contributed by atoms with Crippen LogP contribution in [-0.2, 0) is 11.9 Å². The Hall–Kier alpha value is -2.57. The zero-order valence-electron chi connectivity index (χ0n) is 9.88. The third-order valence-electron chi connectivity index (χ3n) is 2.32. The molecule has 0 spiro atoms. The van der Waals surface area contributed by atoms with E-state index in [9.17, 15) is 13.6 Å². The third-order valence-corrected chi connectivity index (χ3v) is 2.32. The largest absolute Gasteiger partial charge is 0.383 e. The van der Waals surface area contributed by atoms with Gasteiger partial charge in [0, 0.05) is 18.7 Å². The van der Waals surface area contributed by atoms with Crippen LogP contribution in [0, 0.1) is 11.6 Å². The fourth-order valence-corrected chi connectivity index (χ4v) is 1.34. The fraction of sp³-hybridized carbons (Fsp3) is 0.0833. The Morgan fingerprint density at radius 2 is 2.26 bits per heavy atom. The van der Waals surface area contributed by atoms with E-state index in [1.807, 2.05) is 0 Å². The molecule has 0 bridgehead atoms. The second-order valence-electron chi connectivity index (χ2n) is 3.67. The number of imidazole rings is 1. The van der Waals surface area contributed by atoms with E-state index in [0.29, 0.717) is 6.07 Å². The van der Waals surface area contributed by atoms with Gasteiger partial charge in [0.1, 0.15) is 17.3 Å². The standard InChI is InChI=1S/C12H9F2N3O2/c1-17-7-15-6-11(17)12(18)19-16-5-8-2-3-9(13)4-10(8)14/h2-7H,1H3. The molecule has 19 heavy (non-hydrogen) atoms. The van der Waals surface area contributed by atoms with E-state index in [-0.39, 0.29) is 11.3 Å². The summed E-state index contributed by atoms with van der Waals surface area (Å²) in [5.41, 5.74) is 0.218. The van der Waals surface area contributed by atoms with E-state index >= 15 is 0 Å². The Balaban J connectivity index is 2.04. The van der Waals surface area contributed by atoms with Crippen LogP contribution in [0.1, 0.15) is 16.1 Å². The number of aromatic nitrogens is 2. The summed E-state index contributed by atoms with van der Waals surface area (Å²) >= 11 is 0. The van der Waals surface area contributed by atoms with Crippen LogP contribution in [0.2, 0.25) is 0 Å². The van der Waals surface area contributed by atoms with Crippen molar-refractivity contribution in [2.24, 2.45) is 12.2 Å². The van der Waals surface area contributed by atoms with Gasteiger partial charge in [-0.15, -0.1) is 0 Å². The molecule has 0 amide bonds. The molecule has 1 heterocycles. The van der Waals surface area contributed by atoms with Crippen LogP contribution >= 0.6 is 0 Å². The van der Waals surface area contributed by atoms with Crippen molar-refractivity contribution >= 4 is 12.2 Å². The number of carbonyl (C=O) groups is 1. The quantitative estimate of drug-likeness (QED) is 0.484. The second kappa shape index (κ2) is 5.38. The molecule has 0 radical (unpaired) electrons. The predicted octanol–water partition coefficient (Wildman–Crippen LogP) is 1.89. The van der Waals surface area contributed by atoms with Crippen molar-refractivity contribution in [3.8, 4) is 0 Å². The number of nitrogens with zero attached hydrogens (tertiary/aromatic N) is 3. The lowest BCUT2D eigenvalue weighted by molar-refractivity contribution is 0.0508. The lowest BCUT2D eigenvalue weighted by Gasteiger charge is -1.98. The average molecular weight is 265 g/mol. The molecule has 1 aromatic carbocycles. The zero-order valence-corrected chi connectivity index (χ0v) is 9.88. The minimum atomic E-state index is -0.791. The summed E-state index contributed by atoms with van der Waals surface area (Å²) in [4.78, 5) is 19.8. The molecule has 0 aliphatic heterocycles. The van der Waals surface area contributed by atoms with Crippen molar-refractivity contribution in [3.05, 3.63) is 53.6 Å². The smallest absolute Gasteiger partial charge is 0.328 e. The van der Waals surface area contributed by atoms with Crippen molar-refractivity contribution < 1.29 is 18.4 Å². The first-order valence-corrected chi connectivity index (χ1v) is 5.24. The van der Waals surface area contributed by atoms with Crippen molar-refractivity contribution in [2.75, 3.05) is 0 Å². The molecule has 2 aromatic rings. The summed E-state index contributed by atoms with van der Waals surface area (Å²) in [5.74, 6) is -2.21. The Morgan fingerprint density at radius 1 is 1.47 bits per heavy atom. The molecule has 0 fully saturated rings. The second-order valence-corrected chi connectivity index (χ2v) is 3.67. The molecule has 0 atom stereocenters. The van der Waals surface area contributed by atoms with Crippen molar-refractivity contribution in [3.63, 3.8) is 0 Å². The van der Waals surface area contributed by atoms with Gasteiger partial charge in [-0.1, -0.05) is 5.16 Å². The first kappa shape index (κ1) is 12.9. The summed E-state index contributed by atoms with van der Waals surface area (Å²) < 4.78 is 27.3. The van der Waals surface area contributed by atoms with Crippen LogP contribution in [0.3, 0.4) is 0 Å². The predicted molar refractivity (Wildman–Crippen MR) is 62.6 cm³/mol. The maximum absolute atomic E-state index is 13.2. The van der Waals surface area contributed by atoms with Crippen LogP contribution in [-0.4, -0.2) is 21.7 Å². The molecule has 0 aliphatic rings. The van der Waals surface area contributed by atoms with E-state index in [2.05, 4.69) is 15.0 Å². The summed E-state index contributed by atoms with van der Waals surface area (Å²) in [6.45, 7) is 0. The van der Waals surface area contributed by atoms with Crippen molar-refractivity contribution in [1.29, 1.82) is 0 Å². The average Bonchev–Trinajstić information content (AvgIpc) is 2.78. The van der Waals surface area contributed by atoms with E-state index in [4.69, 9.17) is 0 Å². The Morgan fingerprint density at radius 3 is 2.89 bits per heavy atom. The van der Waals surface area contributed by atoms with Crippen LogP contribution in [0.5, 0.6) is 0 Å². The minimum Gasteiger partial charge on any atom is -0.328 e. The van der Waals surface area contributed by atoms with Crippen LogP contribution in [0.4, 0.5) is 8.78 Å². The highest BCUT2D eigenvalue weighted by atomic mass is 19.1. The van der Waals surface area contributed by atoms with Gasteiger partial charge in [-0.2, -0.15) is 0 Å². The fourth-order valence-electron chi connectivity index (χ4n) is 1.34. The first-order chi connectivity index (χ1) is 9.08. The Kier molecular flexibility index (Phi) is 3.65. The van der Waals surface area contributed by atoms with Crippen molar-refractivity contribution in [1.82, 2.24) is 9.55 Å². The third kappa shape index (κ3) is 3.01.